The minimum atomic E-state index is -0.0147. The van der Waals surface area contributed by atoms with Crippen molar-refractivity contribution >= 4 is 11.7 Å². The van der Waals surface area contributed by atoms with E-state index in [1.54, 1.807) is 10.9 Å². The van der Waals surface area contributed by atoms with Crippen LogP contribution in [0, 0.1) is 5.92 Å². The molecule has 1 aromatic heterocycles. The van der Waals surface area contributed by atoms with Crippen molar-refractivity contribution in [3.05, 3.63) is 42.7 Å². The highest BCUT2D eigenvalue weighted by atomic mass is 16.2. The summed E-state index contributed by atoms with van der Waals surface area (Å²) >= 11 is 0. The number of carbonyl (C=O) groups excluding carboxylic acids is 1. The molecule has 1 aromatic carbocycles. The van der Waals surface area contributed by atoms with Gasteiger partial charge in [0.25, 0.3) is 0 Å². The number of urea groups is 1. The average molecular weight is 284 g/mol. The Labute approximate surface area is 124 Å². The summed E-state index contributed by atoms with van der Waals surface area (Å²) in [5, 5.41) is 7.18. The predicted octanol–water partition coefficient (Wildman–Crippen LogP) is 3.14. The van der Waals surface area contributed by atoms with E-state index < -0.39 is 0 Å². The Bertz CT molecular complexity index is 608. The van der Waals surface area contributed by atoms with Crippen molar-refractivity contribution in [3.63, 3.8) is 0 Å². The van der Waals surface area contributed by atoms with Crippen molar-refractivity contribution in [2.45, 2.75) is 19.8 Å². The third-order valence-electron chi connectivity index (χ3n) is 3.81. The molecule has 1 saturated heterocycles. The third kappa shape index (κ3) is 3.24. The Morgan fingerprint density at radius 1 is 1.38 bits per heavy atom. The van der Waals surface area contributed by atoms with Crippen molar-refractivity contribution < 1.29 is 4.79 Å². The molecule has 1 fully saturated rings. The van der Waals surface area contributed by atoms with Gasteiger partial charge in [0.2, 0.25) is 0 Å². The highest BCUT2D eigenvalue weighted by Gasteiger charge is 2.20. The summed E-state index contributed by atoms with van der Waals surface area (Å²) in [6.07, 6.45) is 5.91. The van der Waals surface area contributed by atoms with E-state index in [0.29, 0.717) is 5.92 Å². The fourth-order valence-corrected chi connectivity index (χ4v) is 2.72. The summed E-state index contributed by atoms with van der Waals surface area (Å²) in [4.78, 5) is 14.2. The lowest BCUT2D eigenvalue weighted by atomic mass is 10.0. The zero-order valence-corrected chi connectivity index (χ0v) is 12.2. The Hall–Kier alpha value is -2.30. The van der Waals surface area contributed by atoms with E-state index in [1.807, 2.05) is 41.4 Å². The second-order valence-electron chi connectivity index (χ2n) is 5.62. The number of amides is 2. The molecule has 0 spiro atoms. The van der Waals surface area contributed by atoms with Crippen LogP contribution < -0.4 is 5.32 Å². The lowest BCUT2D eigenvalue weighted by molar-refractivity contribution is 0.182. The van der Waals surface area contributed by atoms with Gasteiger partial charge >= 0.3 is 6.03 Å². The first-order valence-electron chi connectivity index (χ1n) is 7.38. The van der Waals surface area contributed by atoms with Crippen LogP contribution in [0.5, 0.6) is 0 Å². The van der Waals surface area contributed by atoms with E-state index in [-0.39, 0.29) is 6.03 Å². The molecule has 0 aliphatic carbocycles. The van der Waals surface area contributed by atoms with Gasteiger partial charge in [-0.3, -0.25) is 0 Å². The molecule has 3 rings (SSSR count). The first-order chi connectivity index (χ1) is 10.2. The molecule has 2 heterocycles. The number of nitrogens with one attached hydrogen (secondary N) is 1. The number of carbonyl (C=O) groups is 1. The van der Waals surface area contributed by atoms with Gasteiger partial charge in [-0.2, -0.15) is 5.10 Å². The second-order valence-corrected chi connectivity index (χ2v) is 5.62. The number of benzene rings is 1. The molecular formula is C16H20N4O. The van der Waals surface area contributed by atoms with E-state index in [4.69, 9.17) is 0 Å². The molecule has 1 N–H and O–H groups in total. The van der Waals surface area contributed by atoms with Gasteiger partial charge in [0.15, 0.2) is 0 Å². The lowest BCUT2D eigenvalue weighted by Gasteiger charge is -2.30. The molecule has 2 amide bonds. The van der Waals surface area contributed by atoms with Crippen molar-refractivity contribution in [1.29, 1.82) is 0 Å². The number of hydrogen-bond donors (Lipinski definition) is 1. The highest BCUT2D eigenvalue weighted by molar-refractivity contribution is 5.89. The molecule has 5 heteroatoms. The average Bonchev–Trinajstić information content (AvgIpc) is 3.02. The van der Waals surface area contributed by atoms with Crippen LogP contribution in [0.3, 0.4) is 0 Å². The maximum atomic E-state index is 12.3. The fraction of sp³-hybridized carbons (Fsp3) is 0.375. The number of hydrogen-bond acceptors (Lipinski definition) is 2. The number of piperidine rings is 1. The molecule has 0 saturated carbocycles. The topological polar surface area (TPSA) is 50.2 Å². The van der Waals surface area contributed by atoms with E-state index in [0.717, 1.165) is 30.9 Å². The van der Waals surface area contributed by atoms with Crippen LogP contribution in [-0.4, -0.2) is 33.8 Å². The summed E-state index contributed by atoms with van der Waals surface area (Å²) in [5.74, 6) is 0.583. The molecule has 110 valence electrons. The van der Waals surface area contributed by atoms with E-state index >= 15 is 0 Å². The third-order valence-corrected chi connectivity index (χ3v) is 3.81. The molecule has 21 heavy (non-hydrogen) atoms. The number of likely N-dealkylation sites (tertiary alicyclic amines) is 1. The Balaban J connectivity index is 1.70. The van der Waals surface area contributed by atoms with Gasteiger partial charge in [-0.15, -0.1) is 0 Å². The van der Waals surface area contributed by atoms with E-state index in [9.17, 15) is 4.79 Å². The number of aromatic nitrogens is 2. The Kier molecular flexibility index (Phi) is 3.90. The molecule has 1 atom stereocenters. The van der Waals surface area contributed by atoms with Crippen LogP contribution in [-0.2, 0) is 0 Å². The first kappa shape index (κ1) is 13.7. The second kappa shape index (κ2) is 5.99. The fourth-order valence-electron chi connectivity index (χ4n) is 2.72. The minimum absolute atomic E-state index is 0.0147. The van der Waals surface area contributed by atoms with Crippen LogP contribution in [0.1, 0.15) is 19.8 Å². The summed E-state index contributed by atoms with van der Waals surface area (Å²) in [7, 11) is 0. The molecule has 2 aromatic rings. The van der Waals surface area contributed by atoms with Gasteiger partial charge in [0, 0.05) is 31.2 Å². The smallest absolute Gasteiger partial charge is 0.321 e. The van der Waals surface area contributed by atoms with Gasteiger partial charge in [0.05, 0.1) is 5.69 Å². The monoisotopic (exact) mass is 284 g/mol. The van der Waals surface area contributed by atoms with Gasteiger partial charge < -0.3 is 10.2 Å². The zero-order chi connectivity index (χ0) is 14.7. The number of nitrogens with zero attached hydrogens (tertiary/aromatic N) is 3. The van der Waals surface area contributed by atoms with Crippen molar-refractivity contribution in [2.24, 2.45) is 5.92 Å². The molecule has 0 radical (unpaired) electrons. The maximum absolute atomic E-state index is 12.3. The number of anilines is 1. The normalized spacial score (nSPS) is 18.5. The SMILES string of the molecule is C[C@@H]1CCCN(C(=O)Nc2cccc(-n3cccn3)c2)C1. The highest BCUT2D eigenvalue weighted by Crippen LogP contribution is 2.18. The van der Waals surface area contributed by atoms with E-state index in [2.05, 4.69) is 17.3 Å². The largest absolute Gasteiger partial charge is 0.324 e. The van der Waals surface area contributed by atoms with Gasteiger partial charge in [-0.05, 0) is 43.0 Å². The quantitative estimate of drug-likeness (QED) is 0.921. The van der Waals surface area contributed by atoms with Crippen molar-refractivity contribution in [3.8, 4) is 5.69 Å². The molecule has 1 aliphatic rings. The standard InChI is InChI=1S/C16H20N4O/c1-13-5-3-9-19(12-13)16(21)18-14-6-2-7-15(11-14)20-10-4-8-17-20/h2,4,6-8,10-11,13H,3,5,9,12H2,1H3,(H,18,21)/t13-/m1/s1. The molecular weight excluding hydrogens is 264 g/mol. The summed E-state index contributed by atoms with van der Waals surface area (Å²) < 4.78 is 1.78. The minimum Gasteiger partial charge on any atom is -0.324 e. The van der Waals surface area contributed by atoms with Gasteiger partial charge in [-0.1, -0.05) is 13.0 Å². The van der Waals surface area contributed by atoms with Crippen LogP contribution in [0.4, 0.5) is 10.5 Å². The Morgan fingerprint density at radius 2 is 2.29 bits per heavy atom. The number of rotatable bonds is 2. The van der Waals surface area contributed by atoms with Crippen LogP contribution in [0.15, 0.2) is 42.7 Å². The maximum Gasteiger partial charge on any atom is 0.321 e. The van der Waals surface area contributed by atoms with Crippen molar-refractivity contribution in [1.82, 2.24) is 14.7 Å². The van der Waals surface area contributed by atoms with Crippen LogP contribution in [0.2, 0.25) is 0 Å². The van der Waals surface area contributed by atoms with Crippen LogP contribution >= 0.6 is 0 Å². The lowest BCUT2D eigenvalue weighted by Crippen LogP contribution is -2.41. The van der Waals surface area contributed by atoms with Gasteiger partial charge in [-0.25, -0.2) is 9.48 Å². The summed E-state index contributed by atoms with van der Waals surface area (Å²) in [5.41, 5.74) is 1.73. The molecule has 0 bridgehead atoms. The zero-order valence-electron chi connectivity index (χ0n) is 12.2. The predicted molar refractivity (Wildman–Crippen MR) is 82.6 cm³/mol. The van der Waals surface area contributed by atoms with E-state index in [1.165, 1.54) is 6.42 Å². The van der Waals surface area contributed by atoms with Gasteiger partial charge in [0.1, 0.15) is 0 Å². The first-order valence-corrected chi connectivity index (χ1v) is 7.38. The molecule has 0 unspecified atom stereocenters. The summed E-state index contributed by atoms with van der Waals surface area (Å²) in [6, 6.07) is 9.58. The molecule has 5 nitrogen and oxygen atoms in total. The van der Waals surface area contributed by atoms with Crippen molar-refractivity contribution in [2.75, 3.05) is 18.4 Å². The molecule has 1 aliphatic heterocycles. The Morgan fingerprint density at radius 3 is 3.05 bits per heavy atom. The van der Waals surface area contributed by atoms with Crippen LogP contribution in [0.25, 0.3) is 5.69 Å². The summed E-state index contributed by atoms with van der Waals surface area (Å²) in [6.45, 7) is 3.87.